The Kier molecular flexibility index (Phi) is 6.91. The van der Waals surface area contributed by atoms with Gasteiger partial charge in [-0.2, -0.15) is 5.10 Å². The number of benzene rings is 3. The molecule has 0 radical (unpaired) electrons. The topological polar surface area (TPSA) is 118 Å². The fourth-order valence-corrected chi connectivity index (χ4v) is 4.21. The molecule has 1 amide bonds. The molecule has 0 aliphatic heterocycles. The van der Waals surface area contributed by atoms with Crippen LogP contribution in [0.25, 0.3) is 39.7 Å². The van der Waals surface area contributed by atoms with Crippen LogP contribution >= 0.6 is 11.8 Å². The van der Waals surface area contributed by atoms with Crippen molar-refractivity contribution < 1.29 is 18.7 Å². The first-order valence-corrected chi connectivity index (χ1v) is 12.3. The van der Waals surface area contributed by atoms with E-state index in [4.69, 9.17) is 24.7 Å². The molecule has 9 nitrogen and oxygen atoms in total. The predicted molar refractivity (Wildman–Crippen MR) is 141 cm³/mol. The van der Waals surface area contributed by atoms with Crippen molar-refractivity contribution in [2.24, 2.45) is 5.73 Å². The molecule has 0 spiro atoms. The molecular weight excluding hydrogens is 490 g/mol. The third-order valence-electron chi connectivity index (χ3n) is 5.58. The first-order chi connectivity index (χ1) is 18.0. The van der Waals surface area contributed by atoms with Gasteiger partial charge in [0, 0.05) is 16.7 Å². The van der Waals surface area contributed by atoms with Crippen LogP contribution in [-0.4, -0.2) is 45.9 Å². The number of aromatic nitrogens is 4. The Balaban J connectivity index is 1.49. The van der Waals surface area contributed by atoms with E-state index in [-0.39, 0.29) is 11.0 Å². The van der Waals surface area contributed by atoms with Crippen LogP contribution < -0.4 is 15.2 Å². The Morgan fingerprint density at radius 1 is 0.865 bits per heavy atom. The molecule has 2 N–H and O–H groups in total. The summed E-state index contributed by atoms with van der Waals surface area (Å²) in [7, 11) is 3.29. The minimum absolute atomic E-state index is 0.0739. The van der Waals surface area contributed by atoms with Crippen LogP contribution in [0.3, 0.4) is 0 Å². The lowest BCUT2D eigenvalue weighted by atomic mass is 10.1. The zero-order valence-electron chi connectivity index (χ0n) is 20.1. The molecule has 0 aliphatic rings. The van der Waals surface area contributed by atoms with Gasteiger partial charge >= 0.3 is 0 Å². The van der Waals surface area contributed by atoms with Crippen molar-refractivity contribution in [3.63, 3.8) is 0 Å². The molecule has 5 aromatic rings. The molecule has 0 saturated carbocycles. The number of carbonyl (C=O) groups excluding carboxylic acids is 1. The second-order valence-corrected chi connectivity index (χ2v) is 8.89. The van der Waals surface area contributed by atoms with E-state index in [0.29, 0.717) is 5.89 Å². The smallest absolute Gasteiger partial charge is 0.277 e. The second-order valence-electron chi connectivity index (χ2n) is 7.96. The normalized spacial score (nSPS) is 10.9. The van der Waals surface area contributed by atoms with Crippen molar-refractivity contribution in [1.29, 1.82) is 0 Å². The van der Waals surface area contributed by atoms with Crippen LogP contribution in [0, 0.1) is 0 Å². The number of carbonyl (C=O) groups is 1. The number of thioether (sulfide) groups is 1. The lowest BCUT2D eigenvalue weighted by Gasteiger charge is -2.09. The van der Waals surface area contributed by atoms with Crippen molar-refractivity contribution in [3.8, 4) is 51.2 Å². The zero-order valence-corrected chi connectivity index (χ0v) is 20.9. The summed E-state index contributed by atoms with van der Waals surface area (Å²) in [6.07, 6.45) is 0. The van der Waals surface area contributed by atoms with E-state index in [1.54, 1.807) is 14.2 Å². The van der Waals surface area contributed by atoms with E-state index in [0.717, 1.165) is 57.0 Å². The van der Waals surface area contributed by atoms with Crippen molar-refractivity contribution in [1.82, 2.24) is 20.0 Å². The zero-order chi connectivity index (χ0) is 25.8. The summed E-state index contributed by atoms with van der Waals surface area (Å²) in [5.74, 6) is 1.54. The summed E-state index contributed by atoms with van der Waals surface area (Å²) >= 11 is 1.10. The largest absolute Gasteiger partial charge is 0.497 e. The molecule has 10 heteroatoms. The number of methoxy groups -OCH3 is 2. The van der Waals surface area contributed by atoms with Gasteiger partial charge in [-0.15, -0.1) is 10.2 Å². The number of primary amides is 1. The van der Waals surface area contributed by atoms with Crippen molar-refractivity contribution in [2.75, 3.05) is 20.0 Å². The maximum Gasteiger partial charge on any atom is 0.277 e. The van der Waals surface area contributed by atoms with Crippen LogP contribution in [0.4, 0.5) is 0 Å². The maximum atomic E-state index is 11.0. The van der Waals surface area contributed by atoms with Gasteiger partial charge in [0.05, 0.1) is 37.0 Å². The molecule has 0 bridgehead atoms. The summed E-state index contributed by atoms with van der Waals surface area (Å²) in [6.45, 7) is 0. The van der Waals surface area contributed by atoms with Crippen LogP contribution in [0.1, 0.15) is 0 Å². The standard InChI is InChI=1S/C27H23N5O4S/c1-34-21-11-5-17(6-12-21)23-15-24(18-7-13-22(35-2)14-8-18)32(31-23)20-9-3-19(4-10-20)26-29-30-27(36-26)37-16-25(28)33/h3-15H,16H2,1-2H3,(H2,28,33). The van der Waals surface area contributed by atoms with E-state index in [2.05, 4.69) is 16.3 Å². The van der Waals surface area contributed by atoms with Gasteiger partial charge in [-0.3, -0.25) is 4.79 Å². The van der Waals surface area contributed by atoms with Gasteiger partial charge in [0.15, 0.2) is 0 Å². The molecule has 0 unspecified atom stereocenters. The first-order valence-electron chi connectivity index (χ1n) is 11.3. The Bertz CT molecular complexity index is 1510. The monoisotopic (exact) mass is 513 g/mol. The third kappa shape index (κ3) is 5.34. The van der Waals surface area contributed by atoms with Gasteiger partial charge in [-0.05, 0) is 78.9 Å². The van der Waals surface area contributed by atoms with E-state index >= 15 is 0 Å². The van der Waals surface area contributed by atoms with Gasteiger partial charge in [0.2, 0.25) is 11.8 Å². The average molecular weight is 514 g/mol. The number of rotatable bonds is 9. The molecule has 186 valence electrons. The summed E-state index contributed by atoms with van der Waals surface area (Å²) in [4.78, 5) is 11.0. The molecule has 2 aromatic heterocycles. The summed E-state index contributed by atoms with van der Waals surface area (Å²) in [5.41, 5.74) is 10.5. The molecule has 3 aromatic carbocycles. The summed E-state index contributed by atoms with van der Waals surface area (Å²) in [6, 6.07) is 25.3. The number of amides is 1. The van der Waals surface area contributed by atoms with Crippen molar-refractivity contribution in [2.45, 2.75) is 5.22 Å². The number of nitrogens with zero attached hydrogens (tertiary/aromatic N) is 4. The van der Waals surface area contributed by atoms with Crippen LogP contribution in [-0.2, 0) is 4.79 Å². The fourth-order valence-electron chi connectivity index (χ4n) is 3.71. The quantitative estimate of drug-likeness (QED) is 0.278. The van der Waals surface area contributed by atoms with E-state index in [1.165, 1.54) is 0 Å². The summed E-state index contributed by atoms with van der Waals surface area (Å²) < 4.78 is 18.2. The van der Waals surface area contributed by atoms with Crippen LogP contribution in [0.5, 0.6) is 11.5 Å². The Morgan fingerprint density at radius 3 is 2.05 bits per heavy atom. The average Bonchev–Trinajstić information content (AvgIpc) is 3.60. The highest BCUT2D eigenvalue weighted by Gasteiger charge is 2.15. The van der Waals surface area contributed by atoms with Crippen LogP contribution in [0.2, 0.25) is 0 Å². The molecular formula is C27H23N5O4S. The minimum atomic E-state index is -0.449. The summed E-state index contributed by atoms with van der Waals surface area (Å²) in [5, 5.41) is 13.2. The number of ether oxygens (including phenoxy) is 2. The number of nitrogens with two attached hydrogens (primary N) is 1. The first kappa shape index (κ1) is 24.1. The minimum Gasteiger partial charge on any atom is -0.497 e. The number of hydrogen-bond donors (Lipinski definition) is 1. The Hall–Kier alpha value is -4.57. The second kappa shape index (κ2) is 10.6. The molecule has 0 atom stereocenters. The van der Waals surface area contributed by atoms with Crippen molar-refractivity contribution >= 4 is 17.7 Å². The van der Waals surface area contributed by atoms with Crippen molar-refractivity contribution in [3.05, 3.63) is 78.9 Å². The van der Waals surface area contributed by atoms with Crippen LogP contribution in [0.15, 0.2) is 88.5 Å². The highest BCUT2D eigenvalue weighted by molar-refractivity contribution is 7.99. The third-order valence-corrected chi connectivity index (χ3v) is 6.42. The number of hydrogen-bond acceptors (Lipinski definition) is 8. The van der Waals surface area contributed by atoms with E-state index < -0.39 is 5.91 Å². The lowest BCUT2D eigenvalue weighted by molar-refractivity contribution is -0.115. The van der Waals surface area contributed by atoms with Gasteiger partial charge < -0.3 is 19.6 Å². The molecule has 0 aliphatic carbocycles. The fraction of sp³-hybridized carbons (Fsp3) is 0.111. The SMILES string of the molecule is COc1ccc(-c2cc(-c3ccc(OC)cc3)n(-c3ccc(-c4nnc(SCC(N)=O)o4)cc3)n2)cc1. The molecule has 0 saturated heterocycles. The predicted octanol–water partition coefficient (Wildman–Crippen LogP) is 4.85. The van der Waals surface area contributed by atoms with Gasteiger partial charge in [0.1, 0.15) is 11.5 Å². The van der Waals surface area contributed by atoms with Gasteiger partial charge in [-0.1, -0.05) is 11.8 Å². The van der Waals surface area contributed by atoms with E-state index in [9.17, 15) is 4.79 Å². The lowest BCUT2D eigenvalue weighted by Crippen LogP contribution is -2.12. The molecule has 0 fully saturated rings. The van der Waals surface area contributed by atoms with Gasteiger partial charge in [0.25, 0.3) is 5.22 Å². The molecule has 37 heavy (non-hydrogen) atoms. The maximum absolute atomic E-state index is 11.0. The van der Waals surface area contributed by atoms with E-state index in [1.807, 2.05) is 77.5 Å². The van der Waals surface area contributed by atoms with Gasteiger partial charge in [-0.25, -0.2) is 4.68 Å². The molecule has 5 rings (SSSR count). The highest BCUT2D eigenvalue weighted by Crippen LogP contribution is 2.31. The molecule has 2 heterocycles. The Labute approximate surface area is 217 Å². The Morgan fingerprint density at radius 2 is 1.46 bits per heavy atom. The highest BCUT2D eigenvalue weighted by atomic mass is 32.2.